The van der Waals surface area contributed by atoms with Crippen molar-refractivity contribution in [3.05, 3.63) is 64.0 Å². The van der Waals surface area contributed by atoms with Crippen molar-refractivity contribution in [1.29, 1.82) is 0 Å². The molecule has 0 unspecified atom stereocenters. The molecule has 1 aliphatic carbocycles. The maximum absolute atomic E-state index is 13.8. The fourth-order valence-corrected chi connectivity index (χ4v) is 3.67. The normalized spacial score (nSPS) is 13.5. The summed E-state index contributed by atoms with van der Waals surface area (Å²) in [6.45, 7) is -1.36. The Morgan fingerprint density at radius 2 is 1.64 bits per heavy atom. The van der Waals surface area contributed by atoms with Crippen molar-refractivity contribution in [2.75, 3.05) is 5.32 Å². The van der Waals surface area contributed by atoms with Crippen LogP contribution in [0.4, 0.5) is 40.8 Å². The van der Waals surface area contributed by atoms with Crippen molar-refractivity contribution in [1.82, 2.24) is 19.6 Å². The van der Waals surface area contributed by atoms with Crippen LogP contribution in [0.1, 0.15) is 28.9 Å². The van der Waals surface area contributed by atoms with Gasteiger partial charge in [-0.15, -0.1) is 0 Å². The average Bonchev–Trinajstić information content (AvgIpc) is 3.46. The standard InChI is InChI=1S/C19H13F8N5O/c20-13-10(14(21)16(23)17(24)15(13)22)6-31-5-8(4-28-31)29-12(33)7-32-11-3-1-2-9(11)18(30-32)19(25,26)27/h4-5H,1-3,6-7H2,(H,29,33). The zero-order chi connectivity index (χ0) is 24.1. The number of hydrogen-bond acceptors (Lipinski definition) is 3. The van der Waals surface area contributed by atoms with Gasteiger partial charge in [-0.2, -0.15) is 23.4 Å². The van der Waals surface area contributed by atoms with E-state index in [1.54, 1.807) is 0 Å². The van der Waals surface area contributed by atoms with E-state index in [1.807, 2.05) is 0 Å². The molecule has 1 aliphatic rings. The minimum atomic E-state index is -4.65. The van der Waals surface area contributed by atoms with Crippen LogP contribution >= 0.6 is 0 Å². The summed E-state index contributed by atoms with van der Waals surface area (Å²) in [7, 11) is 0. The summed E-state index contributed by atoms with van der Waals surface area (Å²) in [5.74, 6) is -11.3. The average molecular weight is 479 g/mol. The quantitative estimate of drug-likeness (QED) is 0.342. The summed E-state index contributed by atoms with van der Waals surface area (Å²) in [5, 5.41) is 9.54. The number of anilines is 1. The molecule has 1 amide bonds. The van der Waals surface area contributed by atoms with Crippen LogP contribution in [0.25, 0.3) is 0 Å². The maximum Gasteiger partial charge on any atom is 0.435 e. The second kappa shape index (κ2) is 8.15. The number of benzene rings is 1. The lowest BCUT2D eigenvalue weighted by atomic mass is 10.1. The van der Waals surface area contributed by atoms with Gasteiger partial charge in [0.25, 0.3) is 0 Å². The van der Waals surface area contributed by atoms with Gasteiger partial charge in [0.2, 0.25) is 11.7 Å². The number of alkyl halides is 3. The number of nitrogens with zero attached hydrogens (tertiary/aromatic N) is 4. The van der Waals surface area contributed by atoms with Crippen molar-refractivity contribution in [2.45, 2.75) is 38.5 Å². The number of amides is 1. The number of nitrogens with one attached hydrogen (secondary N) is 1. The zero-order valence-electron chi connectivity index (χ0n) is 16.4. The molecule has 2 aromatic heterocycles. The summed E-state index contributed by atoms with van der Waals surface area (Å²) in [6, 6.07) is 0. The first-order valence-electron chi connectivity index (χ1n) is 9.45. The molecule has 3 aromatic rings. The number of fused-ring (bicyclic) bond motifs is 1. The number of hydrogen-bond donors (Lipinski definition) is 1. The molecule has 1 N–H and O–H groups in total. The van der Waals surface area contributed by atoms with Gasteiger partial charge < -0.3 is 5.32 Å². The summed E-state index contributed by atoms with van der Waals surface area (Å²) < 4.78 is 109. The molecule has 0 atom stereocenters. The lowest BCUT2D eigenvalue weighted by molar-refractivity contribution is -0.142. The Morgan fingerprint density at radius 1 is 1.00 bits per heavy atom. The molecule has 6 nitrogen and oxygen atoms in total. The molecular formula is C19H13F8N5O. The van der Waals surface area contributed by atoms with Gasteiger partial charge in [0.1, 0.15) is 6.54 Å². The molecule has 1 aromatic carbocycles. The Morgan fingerprint density at radius 3 is 2.27 bits per heavy atom. The Bertz CT molecular complexity index is 1220. The molecule has 0 saturated heterocycles. The van der Waals surface area contributed by atoms with Crippen LogP contribution in [0.3, 0.4) is 0 Å². The van der Waals surface area contributed by atoms with Crippen molar-refractivity contribution in [3.63, 3.8) is 0 Å². The van der Waals surface area contributed by atoms with Gasteiger partial charge >= 0.3 is 6.18 Å². The number of carbonyl (C=O) groups is 1. The van der Waals surface area contributed by atoms with Gasteiger partial charge in [0, 0.05) is 17.5 Å². The van der Waals surface area contributed by atoms with Gasteiger partial charge in [-0.1, -0.05) is 0 Å². The van der Waals surface area contributed by atoms with Crippen LogP contribution in [-0.2, 0) is 36.9 Å². The fraction of sp³-hybridized carbons (Fsp3) is 0.316. The number of rotatable bonds is 5. The maximum atomic E-state index is 13.8. The van der Waals surface area contributed by atoms with E-state index in [-0.39, 0.29) is 17.7 Å². The Kier molecular flexibility index (Phi) is 5.62. The first kappa shape index (κ1) is 22.7. The van der Waals surface area contributed by atoms with Crippen LogP contribution in [-0.4, -0.2) is 25.5 Å². The van der Waals surface area contributed by atoms with Gasteiger partial charge in [-0.3, -0.25) is 14.2 Å². The summed E-state index contributed by atoms with van der Waals surface area (Å²) in [4.78, 5) is 12.3. The van der Waals surface area contributed by atoms with E-state index in [4.69, 9.17) is 0 Å². The van der Waals surface area contributed by atoms with Crippen molar-refractivity contribution < 1.29 is 39.9 Å². The molecular weight excluding hydrogens is 466 g/mol. The molecule has 176 valence electrons. The third kappa shape index (κ3) is 4.16. The fourth-order valence-electron chi connectivity index (χ4n) is 3.67. The number of carbonyl (C=O) groups excluding carboxylic acids is 1. The van der Waals surface area contributed by atoms with Gasteiger partial charge in [0.15, 0.2) is 29.0 Å². The second-order valence-electron chi connectivity index (χ2n) is 7.31. The minimum absolute atomic E-state index is 0.0104. The highest BCUT2D eigenvalue weighted by molar-refractivity contribution is 5.90. The highest BCUT2D eigenvalue weighted by atomic mass is 19.4. The molecule has 0 radical (unpaired) electrons. The lowest BCUT2D eigenvalue weighted by Crippen LogP contribution is -2.21. The zero-order valence-corrected chi connectivity index (χ0v) is 16.4. The first-order chi connectivity index (χ1) is 15.5. The largest absolute Gasteiger partial charge is 0.435 e. The molecule has 0 fully saturated rings. The molecule has 33 heavy (non-hydrogen) atoms. The van der Waals surface area contributed by atoms with Crippen molar-refractivity contribution >= 4 is 11.6 Å². The SMILES string of the molecule is O=C(Cn1nc(C(F)(F)F)c2c1CCC2)Nc1cnn(Cc2c(F)c(F)c(F)c(F)c2F)c1. The van der Waals surface area contributed by atoms with Crippen molar-refractivity contribution in [3.8, 4) is 0 Å². The van der Waals surface area contributed by atoms with E-state index < -0.39 is 65.5 Å². The minimum Gasteiger partial charge on any atom is -0.322 e. The monoisotopic (exact) mass is 479 g/mol. The summed E-state index contributed by atoms with van der Waals surface area (Å²) in [5.41, 5.74) is -1.79. The van der Waals surface area contributed by atoms with Gasteiger partial charge in [-0.25, -0.2) is 22.0 Å². The number of aromatic nitrogens is 4. The van der Waals surface area contributed by atoms with E-state index >= 15 is 0 Å². The van der Waals surface area contributed by atoms with Gasteiger partial charge in [0.05, 0.1) is 24.0 Å². The van der Waals surface area contributed by atoms with Crippen molar-refractivity contribution in [2.24, 2.45) is 0 Å². The molecule has 0 saturated carbocycles. The van der Waals surface area contributed by atoms with Crippen LogP contribution in [0.2, 0.25) is 0 Å². The third-order valence-electron chi connectivity index (χ3n) is 5.11. The highest BCUT2D eigenvalue weighted by Gasteiger charge is 2.40. The van der Waals surface area contributed by atoms with Crippen LogP contribution < -0.4 is 5.32 Å². The molecule has 0 bridgehead atoms. The second-order valence-corrected chi connectivity index (χ2v) is 7.31. The molecule has 4 rings (SSSR count). The predicted molar refractivity (Wildman–Crippen MR) is 95.4 cm³/mol. The van der Waals surface area contributed by atoms with Crippen LogP contribution in [0, 0.1) is 29.1 Å². The van der Waals surface area contributed by atoms with E-state index in [0.29, 0.717) is 18.5 Å². The van der Waals surface area contributed by atoms with Gasteiger partial charge in [-0.05, 0) is 19.3 Å². The summed E-state index contributed by atoms with van der Waals surface area (Å²) in [6.07, 6.45) is -1.51. The molecule has 14 heteroatoms. The van der Waals surface area contributed by atoms with E-state index in [9.17, 15) is 39.9 Å². The molecule has 0 spiro atoms. The van der Waals surface area contributed by atoms with E-state index in [2.05, 4.69) is 15.5 Å². The van der Waals surface area contributed by atoms with E-state index in [0.717, 1.165) is 21.8 Å². The summed E-state index contributed by atoms with van der Waals surface area (Å²) >= 11 is 0. The third-order valence-corrected chi connectivity index (χ3v) is 5.11. The number of halogens is 8. The van der Waals surface area contributed by atoms with Crippen LogP contribution in [0.15, 0.2) is 12.4 Å². The first-order valence-corrected chi connectivity index (χ1v) is 9.45. The Balaban J connectivity index is 1.48. The van der Waals surface area contributed by atoms with E-state index in [1.165, 1.54) is 0 Å². The topological polar surface area (TPSA) is 64.7 Å². The molecule has 2 heterocycles. The predicted octanol–water partition coefficient (Wildman–Crippen LogP) is 3.97. The Hall–Kier alpha value is -3.45. The molecule has 0 aliphatic heterocycles. The smallest absolute Gasteiger partial charge is 0.322 e. The highest BCUT2D eigenvalue weighted by Crippen LogP contribution is 2.36. The lowest BCUT2D eigenvalue weighted by Gasteiger charge is -2.08. The Labute approximate surface area is 179 Å². The van der Waals surface area contributed by atoms with Crippen LogP contribution in [0.5, 0.6) is 0 Å².